The van der Waals surface area contributed by atoms with Crippen molar-refractivity contribution in [3.8, 4) is 0 Å². The van der Waals surface area contributed by atoms with Gasteiger partial charge in [-0.3, -0.25) is 14.5 Å². The van der Waals surface area contributed by atoms with E-state index in [1.807, 2.05) is 32.0 Å². The molecule has 2 amide bonds. The Bertz CT molecular complexity index is 600. The van der Waals surface area contributed by atoms with Gasteiger partial charge in [-0.15, -0.1) is 0 Å². The largest absolute Gasteiger partial charge is 0.352 e. The SMILES string of the molecule is Cc1cc(Br)ccc1NC(=O)CN(C)[C@H](C)C(=O)NC1CCCC1. The van der Waals surface area contributed by atoms with Crippen molar-refractivity contribution in [1.29, 1.82) is 0 Å². The number of nitrogens with zero attached hydrogens (tertiary/aromatic N) is 1. The van der Waals surface area contributed by atoms with Crippen molar-refractivity contribution >= 4 is 33.4 Å². The normalized spacial score (nSPS) is 16.2. The molecule has 0 spiro atoms. The number of rotatable bonds is 6. The third-order valence-electron chi connectivity index (χ3n) is 4.60. The number of carbonyl (C=O) groups is 2. The standard InChI is InChI=1S/C18H26BrN3O2/c1-12-10-14(19)8-9-16(12)21-17(23)11-22(3)13(2)18(24)20-15-6-4-5-7-15/h8-10,13,15H,4-7,11H2,1-3H3,(H,20,24)(H,21,23)/t13-/m1/s1. The van der Waals surface area contributed by atoms with Gasteiger partial charge in [-0.2, -0.15) is 0 Å². The minimum atomic E-state index is -0.331. The maximum atomic E-state index is 12.3. The van der Waals surface area contributed by atoms with Crippen LogP contribution < -0.4 is 10.6 Å². The number of hydrogen-bond acceptors (Lipinski definition) is 3. The lowest BCUT2D eigenvalue weighted by Gasteiger charge is -2.25. The van der Waals surface area contributed by atoms with E-state index in [1.54, 1.807) is 11.9 Å². The summed E-state index contributed by atoms with van der Waals surface area (Å²) in [6.07, 6.45) is 4.49. The predicted octanol–water partition coefficient (Wildman–Crippen LogP) is 3.08. The van der Waals surface area contributed by atoms with Crippen molar-refractivity contribution in [3.05, 3.63) is 28.2 Å². The average molecular weight is 396 g/mol. The fourth-order valence-electron chi connectivity index (χ4n) is 2.91. The minimum absolute atomic E-state index is 0.00276. The van der Waals surface area contributed by atoms with Gasteiger partial charge in [0.2, 0.25) is 11.8 Å². The van der Waals surface area contributed by atoms with Crippen LogP contribution in [-0.2, 0) is 9.59 Å². The monoisotopic (exact) mass is 395 g/mol. The van der Waals surface area contributed by atoms with Crippen molar-refractivity contribution in [2.24, 2.45) is 0 Å². The second-order valence-electron chi connectivity index (χ2n) is 6.59. The van der Waals surface area contributed by atoms with Gasteiger partial charge in [0.25, 0.3) is 0 Å². The van der Waals surface area contributed by atoms with E-state index in [4.69, 9.17) is 0 Å². The van der Waals surface area contributed by atoms with Crippen molar-refractivity contribution < 1.29 is 9.59 Å². The number of nitrogens with one attached hydrogen (secondary N) is 2. The van der Waals surface area contributed by atoms with Crippen LogP contribution in [0.4, 0.5) is 5.69 Å². The lowest BCUT2D eigenvalue weighted by Crippen LogP contribution is -2.48. The molecule has 0 unspecified atom stereocenters. The third-order valence-corrected chi connectivity index (χ3v) is 5.09. The molecule has 0 radical (unpaired) electrons. The highest BCUT2D eigenvalue weighted by Crippen LogP contribution is 2.20. The van der Waals surface area contributed by atoms with Crippen molar-refractivity contribution in [3.63, 3.8) is 0 Å². The Kier molecular flexibility index (Phi) is 6.80. The van der Waals surface area contributed by atoms with Crippen molar-refractivity contribution in [1.82, 2.24) is 10.2 Å². The van der Waals surface area contributed by atoms with E-state index in [0.717, 1.165) is 28.6 Å². The van der Waals surface area contributed by atoms with Crippen molar-refractivity contribution in [2.75, 3.05) is 18.9 Å². The molecule has 0 heterocycles. The topological polar surface area (TPSA) is 61.4 Å². The first-order valence-electron chi connectivity index (χ1n) is 8.43. The third kappa shape index (κ3) is 5.31. The summed E-state index contributed by atoms with van der Waals surface area (Å²) < 4.78 is 0.979. The number of anilines is 1. The predicted molar refractivity (Wildman–Crippen MR) is 100.0 cm³/mol. The molecule has 0 aliphatic heterocycles. The molecule has 6 heteroatoms. The van der Waals surface area contributed by atoms with Crippen LogP contribution in [-0.4, -0.2) is 42.4 Å². The number of hydrogen-bond donors (Lipinski definition) is 2. The summed E-state index contributed by atoms with van der Waals surface area (Å²) in [5.74, 6) is -0.125. The molecular weight excluding hydrogens is 370 g/mol. The number of likely N-dealkylation sites (N-methyl/N-ethyl adjacent to an activating group) is 1. The van der Waals surface area contributed by atoms with E-state index < -0.39 is 0 Å². The summed E-state index contributed by atoms with van der Waals surface area (Å²) in [5, 5.41) is 5.98. The van der Waals surface area contributed by atoms with E-state index >= 15 is 0 Å². The zero-order valence-corrected chi connectivity index (χ0v) is 16.1. The molecule has 1 aromatic rings. The highest BCUT2D eigenvalue weighted by atomic mass is 79.9. The molecule has 0 bridgehead atoms. The van der Waals surface area contributed by atoms with E-state index in [-0.39, 0.29) is 24.4 Å². The van der Waals surface area contributed by atoms with Gasteiger partial charge >= 0.3 is 0 Å². The smallest absolute Gasteiger partial charge is 0.238 e. The Labute approximate surface area is 152 Å². The minimum Gasteiger partial charge on any atom is -0.352 e. The molecule has 1 saturated carbocycles. The summed E-state index contributed by atoms with van der Waals surface area (Å²) >= 11 is 3.41. The van der Waals surface area contributed by atoms with Gasteiger partial charge in [0.05, 0.1) is 12.6 Å². The fraction of sp³-hybridized carbons (Fsp3) is 0.556. The Morgan fingerprint density at radius 1 is 1.33 bits per heavy atom. The molecule has 5 nitrogen and oxygen atoms in total. The molecule has 2 rings (SSSR count). The zero-order valence-electron chi connectivity index (χ0n) is 14.6. The molecule has 1 aliphatic carbocycles. The molecule has 24 heavy (non-hydrogen) atoms. The maximum Gasteiger partial charge on any atom is 0.238 e. The summed E-state index contributed by atoms with van der Waals surface area (Å²) in [7, 11) is 1.80. The number of carbonyl (C=O) groups excluding carboxylic acids is 2. The Morgan fingerprint density at radius 3 is 2.62 bits per heavy atom. The molecule has 1 fully saturated rings. The number of benzene rings is 1. The van der Waals surface area contributed by atoms with Crippen LogP contribution in [0.1, 0.15) is 38.2 Å². The second kappa shape index (κ2) is 8.62. The van der Waals surface area contributed by atoms with E-state index in [2.05, 4.69) is 26.6 Å². The van der Waals surface area contributed by atoms with E-state index in [9.17, 15) is 9.59 Å². The molecule has 132 valence electrons. The van der Waals surface area contributed by atoms with Crippen molar-refractivity contribution in [2.45, 2.75) is 51.6 Å². The average Bonchev–Trinajstić information content (AvgIpc) is 3.02. The lowest BCUT2D eigenvalue weighted by molar-refractivity contribution is -0.127. The highest BCUT2D eigenvalue weighted by Gasteiger charge is 2.24. The first kappa shape index (κ1) is 18.9. The number of amides is 2. The second-order valence-corrected chi connectivity index (χ2v) is 7.50. The van der Waals surface area contributed by atoms with Gasteiger partial charge in [0.1, 0.15) is 0 Å². The first-order valence-corrected chi connectivity index (χ1v) is 9.22. The molecule has 2 N–H and O–H groups in total. The fourth-order valence-corrected chi connectivity index (χ4v) is 3.39. The van der Waals surface area contributed by atoms with Gasteiger partial charge in [0.15, 0.2) is 0 Å². The summed E-state index contributed by atoms with van der Waals surface area (Å²) in [6.45, 7) is 3.96. The molecule has 1 aliphatic rings. The lowest BCUT2D eigenvalue weighted by atomic mass is 10.2. The quantitative estimate of drug-likeness (QED) is 0.777. The van der Waals surface area contributed by atoms with Gasteiger partial charge in [-0.05, 0) is 57.5 Å². The van der Waals surface area contributed by atoms with E-state index in [1.165, 1.54) is 12.8 Å². The van der Waals surface area contributed by atoms with E-state index in [0.29, 0.717) is 6.04 Å². The molecule has 0 saturated heterocycles. The molecule has 1 atom stereocenters. The van der Waals surface area contributed by atoms with Crippen LogP contribution >= 0.6 is 15.9 Å². The summed E-state index contributed by atoms with van der Waals surface area (Å²) in [4.78, 5) is 26.3. The Hall–Kier alpha value is -1.40. The maximum absolute atomic E-state index is 12.3. The van der Waals surface area contributed by atoms with Crippen LogP contribution in [0.3, 0.4) is 0 Å². The van der Waals surface area contributed by atoms with Gasteiger partial charge in [-0.25, -0.2) is 0 Å². The Balaban J connectivity index is 1.84. The number of halogens is 1. The number of aryl methyl sites for hydroxylation is 1. The highest BCUT2D eigenvalue weighted by molar-refractivity contribution is 9.10. The zero-order chi connectivity index (χ0) is 17.7. The summed E-state index contributed by atoms with van der Waals surface area (Å²) in [6, 6.07) is 5.68. The van der Waals surface area contributed by atoms with Crippen LogP contribution in [0.15, 0.2) is 22.7 Å². The molecule has 1 aromatic carbocycles. The Morgan fingerprint density at radius 2 is 2.00 bits per heavy atom. The van der Waals surface area contributed by atoms with Gasteiger partial charge < -0.3 is 10.6 Å². The van der Waals surface area contributed by atoms with Crippen LogP contribution in [0, 0.1) is 6.92 Å². The van der Waals surface area contributed by atoms with Crippen LogP contribution in [0.5, 0.6) is 0 Å². The first-order chi connectivity index (χ1) is 11.4. The van der Waals surface area contributed by atoms with Crippen LogP contribution in [0.25, 0.3) is 0 Å². The van der Waals surface area contributed by atoms with Gasteiger partial charge in [-0.1, -0.05) is 28.8 Å². The molecular formula is C18H26BrN3O2. The molecule has 0 aromatic heterocycles. The summed E-state index contributed by atoms with van der Waals surface area (Å²) in [5.41, 5.74) is 1.78. The van der Waals surface area contributed by atoms with Gasteiger partial charge in [0, 0.05) is 16.2 Å². The van der Waals surface area contributed by atoms with Crippen LogP contribution in [0.2, 0.25) is 0 Å².